The van der Waals surface area contributed by atoms with Crippen LogP contribution in [0.25, 0.3) is 22.0 Å². The van der Waals surface area contributed by atoms with Crippen molar-refractivity contribution in [3.05, 3.63) is 81.5 Å². The fourth-order valence-corrected chi connectivity index (χ4v) is 4.00. The van der Waals surface area contributed by atoms with Gasteiger partial charge in [-0.05, 0) is 47.9 Å². The summed E-state index contributed by atoms with van der Waals surface area (Å²) in [6, 6.07) is 18.0. The van der Waals surface area contributed by atoms with Crippen LogP contribution >= 0.6 is 11.3 Å². The first-order chi connectivity index (χ1) is 13.6. The highest BCUT2D eigenvalue weighted by Gasteiger charge is 2.09. The summed E-state index contributed by atoms with van der Waals surface area (Å²) in [5.74, 6) is 0.209. The van der Waals surface area contributed by atoms with Crippen molar-refractivity contribution in [1.29, 1.82) is 0 Å². The molecule has 0 amide bonds. The maximum atomic E-state index is 10.4. The van der Waals surface area contributed by atoms with E-state index in [1.54, 1.807) is 30.7 Å². The van der Waals surface area contributed by atoms with Gasteiger partial charge in [-0.15, -0.1) is 11.3 Å². The van der Waals surface area contributed by atoms with Crippen LogP contribution in [0.15, 0.2) is 70.1 Å². The lowest BCUT2D eigenvalue weighted by molar-refractivity contribution is 0.475. The Morgan fingerprint density at radius 1 is 1.00 bits per heavy atom. The molecule has 1 heterocycles. The van der Waals surface area contributed by atoms with Gasteiger partial charge >= 0.3 is 0 Å². The molecule has 0 spiro atoms. The van der Waals surface area contributed by atoms with E-state index in [1.165, 1.54) is 11.1 Å². The molecule has 0 bridgehead atoms. The SMILES string of the molecule is CN=c1scc(-c2ccc(C)c(C)c2)n1N=Cc1c(O)ccc2ccccc12. The van der Waals surface area contributed by atoms with Gasteiger partial charge in [-0.1, -0.05) is 42.5 Å². The van der Waals surface area contributed by atoms with Gasteiger partial charge < -0.3 is 5.11 Å². The lowest BCUT2D eigenvalue weighted by Gasteiger charge is -2.08. The fourth-order valence-electron chi connectivity index (χ4n) is 3.20. The molecule has 28 heavy (non-hydrogen) atoms. The van der Waals surface area contributed by atoms with E-state index in [0.717, 1.165) is 26.8 Å². The van der Waals surface area contributed by atoms with E-state index in [9.17, 15) is 5.11 Å². The highest BCUT2D eigenvalue weighted by molar-refractivity contribution is 7.07. The summed E-state index contributed by atoms with van der Waals surface area (Å²) in [4.78, 5) is 5.15. The zero-order chi connectivity index (χ0) is 19.7. The van der Waals surface area contributed by atoms with Crippen LogP contribution in [0.1, 0.15) is 16.7 Å². The largest absolute Gasteiger partial charge is 0.507 e. The maximum Gasteiger partial charge on any atom is 0.205 e. The molecule has 3 aromatic carbocycles. The van der Waals surface area contributed by atoms with E-state index in [-0.39, 0.29) is 5.75 Å². The molecule has 0 saturated heterocycles. The van der Waals surface area contributed by atoms with Crippen molar-refractivity contribution >= 4 is 28.3 Å². The van der Waals surface area contributed by atoms with Gasteiger partial charge in [0.05, 0.1) is 11.9 Å². The molecule has 4 aromatic rings. The predicted molar refractivity (Wildman–Crippen MR) is 117 cm³/mol. The number of rotatable bonds is 3. The number of phenols is 1. The Balaban J connectivity index is 1.86. The maximum absolute atomic E-state index is 10.4. The van der Waals surface area contributed by atoms with Gasteiger partial charge in [-0.25, -0.2) is 4.68 Å². The molecule has 0 aliphatic carbocycles. The third-order valence-electron chi connectivity index (χ3n) is 4.93. The summed E-state index contributed by atoms with van der Waals surface area (Å²) >= 11 is 1.54. The summed E-state index contributed by atoms with van der Waals surface area (Å²) in [5.41, 5.74) is 5.26. The second-order valence-electron chi connectivity index (χ2n) is 6.70. The van der Waals surface area contributed by atoms with Gasteiger partial charge in [-0.2, -0.15) is 5.10 Å². The van der Waals surface area contributed by atoms with Gasteiger partial charge in [0, 0.05) is 23.6 Å². The molecule has 4 nitrogen and oxygen atoms in total. The Hall–Kier alpha value is -3.18. The average molecular weight is 388 g/mol. The zero-order valence-corrected chi connectivity index (χ0v) is 16.9. The van der Waals surface area contributed by atoms with E-state index in [1.807, 2.05) is 35.0 Å². The smallest absolute Gasteiger partial charge is 0.205 e. The van der Waals surface area contributed by atoms with Crippen molar-refractivity contribution < 1.29 is 5.11 Å². The molecule has 0 aliphatic rings. The number of hydrogen-bond donors (Lipinski definition) is 1. The number of aryl methyl sites for hydroxylation is 2. The van der Waals surface area contributed by atoms with Crippen molar-refractivity contribution in [3.8, 4) is 17.0 Å². The minimum atomic E-state index is 0.209. The zero-order valence-electron chi connectivity index (χ0n) is 16.0. The van der Waals surface area contributed by atoms with Gasteiger partial charge in [0.2, 0.25) is 4.80 Å². The number of phenolic OH excluding ortho intramolecular Hbond substituents is 1. The van der Waals surface area contributed by atoms with Crippen molar-refractivity contribution in [2.45, 2.75) is 13.8 Å². The van der Waals surface area contributed by atoms with Gasteiger partial charge in [0.25, 0.3) is 0 Å². The van der Waals surface area contributed by atoms with Gasteiger partial charge in [-0.3, -0.25) is 4.99 Å². The number of aromatic nitrogens is 1. The van der Waals surface area contributed by atoms with Crippen LogP contribution in [-0.2, 0) is 0 Å². The van der Waals surface area contributed by atoms with E-state index in [4.69, 9.17) is 5.10 Å². The van der Waals surface area contributed by atoms with Gasteiger partial charge in [0.1, 0.15) is 5.75 Å². The van der Waals surface area contributed by atoms with Crippen LogP contribution in [0.4, 0.5) is 0 Å². The molecule has 1 N–H and O–H groups in total. The fraction of sp³-hybridized carbons (Fsp3) is 0.130. The minimum Gasteiger partial charge on any atom is -0.507 e. The topological polar surface area (TPSA) is 49.9 Å². The Bertz CT molecular complexity index is 1260. The molecular weight excluding hydrogens is 366 g/mol. The monoisotopic (exact) mass is 387 g/mol. The van der Waals surface area contributed by atoms with E-state index >= 15 is 0 Å². The highest BCUT2D eigenvalue weighted by atomic mass is 32.1. The summed E-state index contributed by atoms with van der Waals surface area (Å²) < 4.78 is 1.83. The second-order valence-corrected chi connectivity index (χ2v) is 7.54. The first-order valence-corrected chi connectivity index (χ1v) is 9.92. The molecule has 0 aliphatic heterocycles. The Morgan fingerprint density at radius 2 is 1.82 bits per heavy atom. The average Bonchev–Trinajstić information content (AvgIpc) is 3.12. The molecule has 4 rings (SSSR count). The first-order valence-electron chi connectivity index (χ1n) is 9.04. The van der Waals surface area contributed by atoms with E-state index in [2.05, 4.69) is 42.4 Å². The Labute approximate surface area is 167 Å². The normalized spacial score (nSPS) is 12.3. The summed E-state index contributed by atoms with van der Waals surface area (Å²) in [6.45, 7) is 4.22. The van der Waals surface area contributed by atoms with Crippen LogP contribution in [0.3, 0.4) is 0 Å². The molecule has 0 atom stereocenters. The Morgan fingerprint density at radius 3 is 2.61 bits per heavy atom. The number of thiazole rings is 1. The molecule has 0 unspecified atom stereocenters. The molecule has 140 valence electrons. The Kier molecular flexibility index (Phi) is 4.84. The first kappa shape index (κ1) is 18.2. The molecule has 0 radical (unpaired) electrons. The molecule has 5 heteroatoms. The molecular formula is C23H21N3OS. The van der Waals surface area contributed by atoms with Crippen LogP contribution in [0.2, 0.25) is 0 Å². The van der Waals surface area contributed by atoms with Crippen LogP contribution in [-0.4, -0.2) is 23.0 Å². The van der Waals surface area contributed by atoms with Crippen molar-refractivity contribution in [2.24, 2.45) is 10.1 Å². The lowest BCUT2D eigenvalue weighted by atomic mass is 10.0. The molecule has 0 saturated carbocycles. The van der Waals surface area contributed by atoms with E-state index < -0.39 is 0 Å². The van der Waals surface area contributed by atoms with Crippen LogP contribution < -0.4 is 4.80 Å². The predicted octanol–water partition coefficient (Wildman–Crippen LogP) is 5.10. The summed E-state index contributed by atoms with van der Waals surface area (Å²) in [6.07, 6.45) is 1.71. The van der Waals surface area contributed by atoms with E-state index in [0.29, 0.717) is 5.56 Å². The molecule has 1 aromatic heterocycles. The lowest BCUT2D eigenvalue weighted by Crippen LogP contribution is -2.11. The summed E-state index contributed by atoms with van der Waals surface area (Å²) in [5, 5.41) is 19.2. The summed E-state index contributed by atoms with van der Waals surface area (Å²) in [7, 11) is 1.76. The van der Waals surface area contributed by atoms with Crippen molar-refractivity contribution in [2.75, 3.05) is 7.05 Å². The standard InChI is InChI=1S/C23H21N3OS/c1-15-8-9-18(12-16(15)2)21-14-28-23(24-3)26(21)25-13-20-19-7-5-4-6-17(19)10-11-22(20)27/h4-14,27H,1-3H3. The number of nitrogens with zero attached hydrogens (tertiary/aromatic N) is 3. The van der Waals surface area contributed by atoms with Crippen molar-refractivity contribution in [3.63, 3.8) is 0 Å². The van der Waals surface area contributed by atoms with Crippen molar-refractivity contribution in [1.82, 2.24) is 4.68 Å². The van der Waals surface area contributed by atoms with Gasteiger partial charge in [0.15, 0.2) is 0 Å². The van der Waals surface area contributed by atoms with Crippen LogP contribution in [0.5, 0.6) is 5.75 Å². The highest BCUT2D eigenvalue weighted by Crippen LogP contribution is 2.26. The number of benzene rings is 3. The third-order valence-corrected chi connectivity index (χ3v) is 5.84. The second kappa shape index (κ2) is 7.44. The number of fused-ring (bicyclic) bond motifs is 1. The number of hydrogen-bond acceptors (Lipinski definition) is 4. The third kappa shape index (κ3) is 3.25. The molecule has 0 fully saturated rings. The minimum absolute atomic E-state index is 0.209. The number of aromatic hydroxyl groups is 1. The van der Waals surface area contributed by atoms with Crippen LogP contribution in [0, 0.1) is 13.8 Å². The quantitative estimate of drug-likeness (QED) is 0.488.